The summed E-state index contributed by atoms with van der Waals surface area (Å²) in [5.41, 5.74) is 0.626. The van der Waals surface area contributed by atoms with Crippen molar-refractivity contribution in [3.05, 3.63) is 23.8 Å². The van der Waals surface area contributed by atoms with E-state index in [0.29, 0.717) is 23.1 Å². The van der Waals surface area contributed by atoms with Gasteiger partial charge in [0.1, 0.15) is 11.5 Å². The van der Waals surface area contributed by atoms with Crippen molar-refractivity contribution in [1.29, 1.82) is 0 Å². The van der Waals surface area contributed by atoms with E-state index < -0.39 is 6.61 Å². The van der Waals surface area contributed by atoms with Gasteiger partial charge in [0.05, 0.1) is 7.11 Å². The van der Waals surface area contributed by atoms with Crippen LogP contribution in [0.3, 0.4) is 0 Å². The molecular formula is C17H26F2IN3O2S. The Balaban J connectivity index is 0.00000338. The van der Waals surface area contributed by atoms with Crippen molar-refractivity contribution in [1.82, 2.24) is 10.2 Å². The number of benzene rings is 1. The monoisotopic (exact) mass is 501 g/mol. The molecule has 0 bridgehead atoms. The molecule has 0 saturated carbocycles. The molecule has 5 nitrogen and oxygen atoms in total. The fraction of sp³-hybridized carbons (Fsp3) is 0.588. The van der Waals surface area contributed by atoms with Crippen LogP contribution < -0.4 is 14.8 Å². The van der Waals surface area contributed by atoms with Gasteiger partial charge >= 0.3 is 6.61 Å². The molecular weight excluding hydrogens is 475 g/mol. The molecule has 148 valence electrons. The van der Waals surface area contributed by atoms with Gasteiger partial charge in [0.15, 0.2) is 5.96 Å². The minimum Gasteiger partial charge on any atom is -0.497 e. The maximum absolute atomic E-state index is 12.7. The second-order valence-corrected chi connectivity index (χ2v) is 7.01. The molecule has 0 spiro atoms. The van der Waals surface area contributed by atoms with Gasteiger partial charge in [0.25, 0.3) is 0 Å². The third-order valence-corrected chi connectivity index (χ3v) is 5.40. The molecule has 1 unspecified atom stereocenters. The van der Waals surface area contributed by atoms with Gasteiger partial charge in [-0.05, 0) is 18.6 Å². The minimum atomic E-state index is -2.88. The maximum atomic E-state index is 12.7. The number of aliphatic imine (C=N–C) groups is 1. The van der Waals surface area contributed by atoms with Crippen molar-refractivity contribution >= 4 is 41.7 Å². The molecule has 1 N–H and O–H groups in total. The number of thioether (sulfide) groups is 1. The van der Waals surface area contributed by atoms with Gasteiger partial charge < -0.3 is 19.7 Å². The predicted octanol–water partition coefficient (Wildman–Crippen LogP) is 3.82. The Morgan fingerprint density at radius 1 is 1.46 bits per heavy atom. The van der Waals surface area contributed by atoms with E-state index in [9.17, 15) is 8.78 Å². The maximum Gasteiger partial charge on any atom is 0.387 e. The van der Waals surface area contributed by atoms with Crippen molar-refractivity contribution in [3.8, 4) is 11.5 Å². The smallest absolute Gasteiger partial charge is 0.387 e. The van der Waals surface area contributed by atoms with Crippen LogP contribution in [0.15, 0.2) is 23.2 Å². The van der Waals surface area contributed by atoms with E-state index in [0.717, 1.165) is 31.2 Å². The summed E-state index contributed by atoms with van der Waals surface area (Å²) >= 11 is 1.98. The second kappa shape index (κ2) is 11.7. The number of halogens is 3. The molecule has 0 aromatic heterocycles. The largest absolute Gasteiger partial charge is 0.497 e. The number of guanidine groups is 1. The fourth-order valence-electron chi connectivity index (χ4n) is 2.68. The zero-order valence-electron chi connectivity index (χ0n) is 15.2. The Bertz CT molecular complexity index is 593. The summed E-state index contributed by atoms with van der Waals surface area (Å²) in [5.74, 6) is 2.42. The van der Waals surface area contributed by atoms with Gasteiger partial charge in [0, 0.05) is 49.3 Å². The topological polar surface area (TPSA) is 46.1 Å². The highest BCUT2D eigenvalue weighted by Gasteiger charge is 2.21. The summed E-state index contributed by atoms with van der Waals surface area (Å²) in [6, 6.07) is 4.91. The molecule has 1 saturated heterocycles. The third kappa shape index (κ3) is 6.64. The fourth-order valence-corrected chi connectivity index (χ4v) is 3.86. The molecule has 0 amide bonds. The lowest BCUT2D eigenvalue weighted by molar-refractivity contribution is -0.0505. The number of ether oxygens (including phenoxy) is 2. The van der Waals surface area contributed by atoms with Crippen LogP contribution in [0.2, 0.25) is 0 Å². The number of hydrogen-bond acceptors (Lipinski definition) is 4. The van der Waals surface area contributed by atoms with Crippen molar-refractivity contribution < 1.29 is 18.3 Å². The van der Waals surface area contributed by atoms with E-state index in [1.54, 1.807) is 19.2 Å². The summed E-state index contributed by atoms with van der Waals surface area (Å²) < 4.78 is 35.0. The molecule has 1 fully saturated rings. The van der Waals surface area contributed by atoms with Gasteiger partial charge in [-0.2, -0.15) is 20.5 Å². The molecule has 1 heterocycles. The summed E-state index contributed by atoms with van der Waals surface area (Å²) in [4.78, 5) is 6.54. The lowest BCUT2D eigenvalue weighted by atomic mass is 10.2. The Kier molecular flexibility index (Phi) is 10.4. The van der Waals surface area contributed by atoms with E-state index in [1.165, 1.54) is 13.2 Å². The first-order valence-electron chi connectivity index (χ1n) is 8.26. The van der Waals surface area contributed by atoms with Crippen LogP contribution in [-0.4, -0.2) is 55.7 Å². The van der Waals surface area contributed by atoms with Gasteiger partial charge in [-0.25, -0.2) is 0 Å². The highest BCUT2D eigenvalue weighted by Crippen LogP contribution is 2.26. The van der Waals surface area contributed by atoms with E-state index in [1.807, 2.05) is 11.8 Å². The van der Waals surface area contributed by atoms with Gasteiger partial charge in [0.2, 0.25) is 0 Å². The number of alkyl halides is 2. The van der Waals surface area contributed by atoms with Crippen LogP contribution >= 0.6 is 35.7 Å². The standard InChI is InChI=1S/C17H25F2N3O2S.HI/c1-4-14-11-22(7-8-25-14)17(20-2)21-10-12-5-6-13(23-3)9-15(12)24-16(18)19;/h5-6,9,14,16H,4,7-8,10-11H2,1-3H3,(H,20,21);1H. The first-order chi connectivity index (χ1) is 12.1. The van der Waals surface area contributed by atoms with Crippen molar-refractivity contribution in [2.45, 2.75) is 31.8 Å². The third-order valence-electron chi connectivity index (χ3n) is 4.03. The summed E-state index contributed by atoms with van der Waals surface area (Å²) in [6.45, 7) is 1.50. The number of methoxy groups -OCH3 is 1. The molecule has 9 heteroatoms. The molecule has 0 aliphatic carbocycles. The Labute approximate surface area is 174 Å². The lowest BCUT2D eigenvalue weighted by Crippen LogP contribution is -2.47. The Hall–Kier alpha value is -0.970. The molecule has 1 aromatic rings. The molecule has 1 aliphatic rings. The predicted molar refractivity (Wildman–Crippen MR) is 113 cm³/mol. The number of hydrogen-bond donors (Lipinski definition) is 1. The van der Waals surface area contributed by atoms with E-state index in [-0.39, 0.29) is 29.7 Å². The number of nitrogens with one attached hydrogen (secondary N) is 1. The number of rotatable bonds is 6. The highest BCUT2D eigenvalue weighted by molar-refractivity contribution is 14.0. The summed E-state index contributed by atoms with van der Waals surface area (Å²) in [6.07, 6.45) is 1.11. The SMILES string of the molecule is CCC1CN(C(=NC)NCc2ccc(OC)cc2OC(F)F)CCS1.I. The van der Waals surface area contributed by atoms with Crippen molar-refractivity contribution in [2.24, 2.45) is 4.99 Å². The van der Waals surface area contributed by atoms with Crippen LogP contribution in [0.5, 0.6) is 11.5 Å². The van der Waals surface area contributed by atoms with Gasteiger partial charge in [-0.3, -0.25) is 4.99 Å². The van der Waals surface area contributed by atoms with E-state index >= 15 is 0 Å². The Morgan fingerprint density at radius 3 is 2.85 bits per heavy atom. The van der Waals surface area contributed by atoms with Crippen LogP contribution in [0.25, 0.3) is 0 Å². The molecule has 1 aromatic carbocycles. The molecule has 1 atom stereocenters. The van der Waals surface area contributed by atoms with Crippen LogP contribution in [-0.2, 0) is 6.54 Å². The average molecular weight is 501 g/mol. The zero-order valence-corrected chi connectivity index (χ0v) is 18.4. The van der Waals surface area contributed by atoms with Gasteiger partial charge in [-0.1, -0.05) is 6.92 Å². The molecule has 26 heavy (non-hydrogen) atoms. The van der Waals surface area contributed by atoms with Crippen molar-refractivity contribution in [2.75, 3.05) is 33.0 Å². The minimum absolute atomic E-state index is 0. The molecule has 1 aliphatic heterocycles. The van der Waals surface area contributed by atoms with Crippen LogP contribution in [0, 0.1) is 0 Å². The van der Waals surface area contributed by atoms with Gasteiger partial charge in [-0.15, -0.1) is 24.0 Å². The van der Waals surface area contributed by atoms with Crippen molar-refractivity contribution in [3.63, 3.8) is 0 Å². The van der Waals surface area contributed by atoms with Crippen LogP contribution in [0.1, 0.15) is 18.9 Å². The molecule has 0 radical (unpaired) electrons. The first kappa shape index (κ1) is 23.1. The van der Waals surface area contributed by atoms with Crippen LogP contribution in [0.4, 0.5) is 8.78 Å². The first-order valence-corrected chi connectivity index (χ1v) is 9.31. The van der Waals surface area contributed by atoms with E-state index in [2.05, 4.69) is 26.9 Å². The second-order valence-electron chi connectivity index (χ2n) is 5.60. The molecule has 2 rings (SSSR count). The highest BCUT2D eigenvalue weighted by atomic mass is 127. The average Bonchev–Trinajstić information content (AvgIpc) is 2.62. The number of nitrogens with zero attached hydrogens (tertiary/aromatic N) is 2. The summed E-state index contributed by atoms with van der Waals surface area (Å²) in [5, 5.41) is 3.84. The zero-order chi connectivity index (χ0) is 18.2. The summed E-state index contributed by atoms with van der Waals surface area (Å²) in [7, 11) is 3.22. The Morgan fingerprint density at radius 2 is 2.23 bits per heavy atom. The lowest BCUT2D eigenvalue weighted by Gasteiger charge is -2.34. The quantitative estimate of drug-likeness (QED) is 0.365. The van der Waals surface area contributed by atoms with E-state index in [4.69, 9.17) is 4.74 Å². The normalized spacial score (nSPS) is 17.7.